The third kappa shape index (κ3) is 0.292. The molecule has 4 atom stereocenters. The van der Waals surface area contributed by atoms with Gasteiger partial charge in [-0.05, 0) is 55.8 Å². The van der Waals surface area contributed by atoms with Gasteiger partial charge in [0.05, 0.1) is 0 Å². The van der Waals surface area contributed by atoms with Gasteiger partial charge in [0, 0.05) is 0 Å². The fourth-order valence-corrected chi connectivity index (χ4v) is 4.97. The highest BCUT2D eigenvalue weighted by molar-refractivity contribution is 5.52. The maximum absolute atomic E-state index is 2.39. The summed E-state index contributed by atoms with van der Waals surface area (Å²) in [5, 5.41) is 0. The lowest BCUT2D eigenvalue weighted by Gasteiger charge is -2.10. The van der Waals surface area contributed by atoms with Crippen LogP contribution in [0.5, 0.6) is 0 Å². The van der Waals surface area contributed by atoms with Crippen LogP contribution in [0.25, 0.3) is 0 Å². The van der Waals surface area contributed by atoms with Gasteiger partial charge in [0.15, 0.2) is 0 Å². The molecule has 4 aliphatic rings. The van der Waals surface area contributed by atoms with Gasteiger partial charge in [-0.1, -0.05) is 11.1 Å². The van der Waals surface area contributed by atoms with Gasteiger partial charge in [-0.3, -0.25) is 0 Å². The minimum atomic E-state index is 0.925. The maximum Gasteiger partial charge on any atom is -0.00924 e. The Labute approximate surface area is 67.7 Å². The number of fused-ring (bicyclic) bond motifs is 2. The fraction of sp³-hybridized carbons (Fsp3) is 0.818. The molecule has 0 heteroatoms. The summed E-state index contributed by atoms with van der Waals surface area (Å²) < 4.78 is 0. The van der Waals surface area contributed by atoms with Crippen molar-refractivity contribution < 1.29 is 0 Å². The Morgan fingerprint density at radius 1 is 1.00 bits per heavy atom. The van der Waals surface area contributed by atoms with E-state index < -0.39 is 0 Å². The second kappa shape index (κ2) is 1.12. The number of rotatable bonds is 0. The zero-order valence-electron chi connectivity index (χ0n) is 7.22. The van der Waals surface area contributed by atoms with Crippen molar-refractivity contribution >= 4 is 0 Å². The maximum atomic E-state index is 2.39. The molecular formula is C11H14. The van der Waals surface area contributed by atoms with Gasteiger partial charge in [-0.25, -0.2) is 0 Å². The summed E-state index contributed by atoms with van der Waals surface area (Å²) >= 11 is 0. The molecule has 3 fully saturated rings. The molecule has 0 nitrogen and oxygen atoms in total. The smallest absolute Gasteiger partial charge is 0.00924 e. The van der Waals surface area contributed by atoms with Gasteiger partial charge in [-0.2, -0.15) is 0 Å². The highest BCUT2D eigenvalue weighted by Gasteiger charge is 2.89. The quantitative estimate of drug-likeness (QED) is 0.461. The molecule has 0 aromatic rings. The SMILES string of the molecule is CC1=C(C)C2C3CCC4C1C432. The second-order valence-electron chi connectivity index (χ2n) is 5.11. The van der Waals surface area contributed by atoms with Crippen molar-refractivity contribution in [3.63, 3.8) is 0 Å². The van der Waals surface area contributed by atoms with Crippen molar-refractivity contribution in [3.8, 4) is 0 Å². The number of allylic oxidation sites excluding steroid dienone is 2. The first-order valence-electron chi connectivity index (χ1n) is 4.97. The molecule has 4 rings (SSSR count). The standard InChI is InChI=1S/C11H14/c1-5-6(2)10-8-4-3-7-9(5)11(7,8)10/h7-10H,3-4H2,1-2H3. The predicted octanol–water partition coefficient (Wildman–Crippen LogP) is 2.61. The van der Waals surface area contributed by atoms with Crippen LogP contribution in [-0.4, -0.2) is 0 Å². The Kier molecular flexibility index (Phi) is 0.551. The summed E-state index contributed by atoms with van der Waals surface area (Å²) in [6, 6.07) is 0. The van der Waals surface area contributed by atoms with E-state index in [9.17, 15) is 0 Å². The molecule has 3 saturated carbocycles. The summed E-state index contributed by atoms with van der Waals surface area (Å²) in [5.74, 6) is 4.51. The first-order valence-corrected chi connectivity index (χ1v) is 4.97. The molecule has 0 aromatic heterocycles. The first kappa shape index (κ1) is 5.40. The highest BCUT2D eigenvalue weighted by Crippen LogP contribution is 2.94. The second-order valence-corrected chi connectivity index (χ2v) is 5.11. The molecule has 0 bridgehead atoms. The van der Waals surface area contributed by atoms with Crippen LogP contribution in [0.4, 0.5) is 0 Å². The van der Waals surface area contributed by atoms with Crippen molar-refractivity contribution in [1.29, 1.82) is 0 Å². The summed E-state index contributed by atoms with van der Waals surface area (Å²) in [7, 11) is 0. The normalized spacial score (nSPS) is 68.2. The summed E-state index contributed by atoms with van der Waals surface area (Å²) in [5.41, 5.74) is 4.50. The topological polar surface area (TPSA) is 0 Å². The Balaban J connectivity index is 1.96. The molecule has 0 radical (unpaired) electrons. The van der Waals surface area contributed by atoms with Crippen molar-refractivity contribution in [1.82, 2.24) is 0 Å². The van der Waals surface area contributed by atoms with Gasteiger partial charge in [0.2, 0.25) is 0 Å². The van der Waals surface area contributed by atoms with Crippen LogP contribution in [0.3, 0.4) is 0 Å². The minimum Gasteiger partial charge on any atom is -0.0701 e. The molecule has 4 unspecified atom stereocenters. The van der Waals surface area contributed by atoms with Gasteiger partial charge < -0.3 is 0 Å². The first-order chi connectivity index (χ1) is 5.29. The molecule has 0 heterocycles. The van der Waals surface area contributed by atoms with Crippen LogP contribution in [0, 0.1) is 29.1 Å². The van der Waals surface area contributed by atoms with Crippen LogP contribution >= 0.6 is 0 Å². The van der Waals surface area contributed by atoms with Crippen LogP contribution in [0.2, 0.25) is 0 Å². The predicted molar refractivity (Wildman–Crippen MR) is 44.0 cm³/mol. The average molecular weight is 146 g/mol. The fourth-order valence-electron chi connectivity index (χ4n) is 4.97. The largest absolute Gasteiger partial charge is 0.0701 e. The lowest BCUT2D eigenvalue weighted by atomic mass is 9.95. The van der Waals surface area contributed by atoms with Gasteiger partial charge >= 0.3 is 0 Å². The monoisotopic (exact) mass is 146 g/mol. The molecule has 1 spiro atoms. The summed E-state index contributed by atoms with van der Waals surface area (Å²) in [6.45, 7) is 4.77. The van der Waals surface area contributed by atoms with E-state index in [4.69, 9.17) is 0 Å². The number of hydrogen-bond acceptors (Lipinski definition) is 0. The molecule has 0 amide bonds. The molecule has 11 heavy (non-hydrogen) atoms. The Bertz CT molecular complexity index is 267. The van der Waals surface area contributed by atoms with E-state index in [0.717, 1.165) is 17.3 Å². The summed E-state index contributed by atoms with van der Waals surface area (Å²) in [4.78, 5) is 0. The van der Waals surface area contributed by atoms with Crippen LogP contribution in [-0.2, 0) is 0 Å². The van der Waals surface area contributed by atoms with E-state index in [0.29, 0.717) is 0 Å². The van der Waals surface area contributed by atoms with Gasteiger partial charge in [0.1, 0.15) is 0 Å². The van der Waals surface area contributed by atoms with Crippen LogP contribution in [0.15, 0.2) is 11.1 Å². The lowest BCUT2D eigenvalue weighted by Crippen LogP contribution is -1.97. The van der Waals surface area contributed by atoms with Crippen molar-refractivity contribution in [2.24, 2.45) is 29.1 Å². The van der Waals surface area contributed by atoms with E-state index in [2.05, 4.69) is 13.8 Å². The molecule has 0 saturated heterocycles. The van der Waals surface area contributed by atoms with Crippen LogP contribution < -0.4 is 0 Å². The molecule has 0 N–H and O–H groups in total. The molecular weight excluding hydrogens is 132 g/mol. The zero-order chi connectivity index (χ0) is 7.38. The van der Waals surface area contributed by atoms with E-state index in [-0.39, 0.29) is 0 Å². The zero-order valence-corrected chi connectivity index (χ0v) is 7.22. The number of hydrogen-bond donors (Lipinski definition) is 0. The van der Waals surface area contributed by atoms with Gasteiger partial charge in [-0.15, -0.1) is 0 Å². The highest BCUT2D eigenvalue weighted by atomic mass is 14.9. The minimum absolute atomic E-state index is 0.925. The van der Waals surface area contributed by atoms with Crippen LogP contribution in [0.1, 0.15) is 26.7 Å². The van der Waals surface area contributed by atoms with Crippen molar-refractivity contribution in [2.75, 3.05) is 0 Å². The van der Waals surface area contributed by atoms with E-state index in [1.54, 1.807) is 24.0 Å². The average Bonchev–Trinajstić information content (AvgIpc) is 2.77. The molecule has 58 valence electrons. The Morgan fingerprint density at radius 3 is 1.82 bits per heavy atom. The van der Waals surface area contributed by atoms with Gasteiger partial charge in [0.25, 0.3) is 0 Å². The van der Waals surface area contributed by atoms with E-state index in [1.807, 2.05) is 0 Å². The van der Waals surface area contributed by atoms with E-state index in [1.165, 1.54) is 11.8 Å². The summed E-state index contributed by atoms with van der Waals surface area (Å²) in [6.07, 6.45) is 3.13. The molecule has 0 aliphatic heterocycles. The third-order valence-corrected chi connectivity index (χ3v) is 5.29. The molecule has 0 aromatic carbocycles. The Hall–Kier alpha value is -0.260. The Morgan fingerprint density at radius 2 is 1.45 bits per heavy atom. The van der Waals surface area contributed by atoms with E-state index >= 15 is 0 Å². The third-order valence-electron chi connectivity index (χ3n) is 5.29. The van der Waals surface area contributed by atoms with Crippen molar-refractivity contribution in [2.45, 2.75) is 26.7 Å². The molecule has 4 aliphatic carbocycles. The van der Waals surface area contributed by atoms with Crippen molar-refractivity contribution in [3.05, 3.63) is 11.1 Å². The lowest BCUT2D eigenvalue weighted by molar-refractivity contribution is 0.574.